The monoisotopic (exact) mass is 241 g/mol. The predicted octanol–water partition coefficient (Wildman–Crippen LogP) is 2.44. The lowest BCUT2D eigenvalue weighted by Gasteiger charge is -2.09. The van der Waals surface area contributed by atoms with Gasteiger partial charge in [-0.05, 0) is 25.5 Å². The zero-order chi connectivity index (χ0) is 11.8. The van der Waals surface area contributed by atoms with Crippen molar-refractivity contribution in [1.82, 2.24) is 5.32 Å². The molecule has 3 nitrogen and oxygen atoms in total. The molecule has 4 heteroatoms. The number of benzene rings is 1. The fourth-order valence-corrected chi connectivity index (χ4v) is 1.43. The van der Waals surface area contributed by atoms with Crippen molar-refractivity contribution >= 4 is 17.5 Å². The zero-order valence-corrected chi connectivity index (χ0v) is 10.1. The molecule has 0 fully saturated rings. The quantitative estimate of drug-likeness (QED) is 0.614. The van der Waals surface area contributed by atoms with E-state index in [1.54, 1.807) is 12.1 Å². The number of halogens is 1. The minimum Gasteiger partial charge on any atom is -0.493 e. The summed E-state index contributed by atoms with van der Waals surface area (Å²) in [6, 6.07) is 7.21. The molecule has 1 amide bonds. The molecule has 0 heterocycles. The second-order valence-corrected chi connectivity index (χ2v) is 3.61. The summed E-state index contributed by atoms with van der Waals surface area (Å²) in [6.45, 7) is 3.02. The lowest BCUT2D eigenvalue weighted by atomic mass is 10.2. The topological polar surface area (TPSA) is 38.3 Å². The number of hydrogen-bond acceptors (Lipinski definition) is 2. The lowest BCUT2D eigenvalue weighted by Crippen LogP contribution is -2.25. The van der Waals surface area contributed by atoms with Gasteiger partial charge in [-0.25, -0.2) is 0 Å². The van der Waals surface area contributed by atoms with Gasteiger partial charge in [0.1, 0.15) is 5.75 Å². The number of carbonyl (C=O) groups is 1. The molecule has 1 rings (SSSR count). The average molecular weight is 242 g/mol. The van der Waals surface area contributed by atoms with Crippen LogP contribution in [-0.2, 0) is 0 Å². The van der Waals surface area contributed by atoms with E-state index in [9.17, 15) is 4.79 Å². The third-order valence-electron chi connectivity index (χ3n) is 2.03. The molecule has 1 aromatic rings. The Morgan fingerprint density at radius 3 is 2.88 bits per heavy atom. The number of alkyl halides is 1. The summed E-state index contributed by atoms with van der Waals surface area (Å²) < 4.78 is 5.38. The van der Waals surface area contributed by atoms with Crippen LogP contribution in [0.2, 0.25) is 0 Å². The minimum absolute atomic E-state index is 0.117. The molecule has 1 aromatic carbocycles. The van der Waals surface area contributed by atoms with Crippen molar-refractivity contribution in [2.45, 2.75) is 13.3 Å². The molecule has 0 aliphatic carbocycles. The molecule has 0 atom stereocenters. The van der Waals surface area contributed by atoms with E-state index in [-0.39, 0.29) is 5.91 Å². The summed E-state index contributed by atoms with van der Waals surface area (Å²) in [7, 11) is 0. The number of hydrogen-bond donors (Lipinski definition) is 1. The number of rotatable bonds is 6. The summed E-state index contributed by atoms with van der Waals surface area (Å²) in [5, 5.41) is 2.80. The smallest absolute Gasteiger partial charge is 0.255 e. The standard InChI is InChI=1S/C12H16ClNO2/c1-2-16-11-7-4-3-6-10(11)12(15)14-9-5-8-13/h3-4,6-7H,2,5,8-9H2,1H3,(H,14,15). The third kappa shape index (κ3) is 3.74. The van der Waals surface area contributed by atoms with Gasteiger partial charge in [-0.1, -0.05) is 12.1 Å². The van der Waals surface area contributed by atoms with E-state index in [1.807, 2.05) is 19.1 Å². The van der Waals surface area contributed by atoms with Gasteiger partial charge in [-0.2, -0.15) is 0 Å². The molecule has 0 bridgehead atoms. The van der Waals surface area contributed by atoms with Crippen molar-refractivity contribution in [2.75, 3.05) is 19.0 Å². The molecular weight excluding hydrogens is 226 g/mol. The first-order chi connectivity index (χ1) is 7.79. The van der Waals surface area contributed by atoms with Crippen LogP contribution in [0.15, 0.2) is 24.3 Å². The van der Waals surface area contributed by atoms with Crippen LogP contribution in [-0.4, -0.2) is 24.9 Å². The van der Waals surface area contributed by atoms with Gasteiger partial charge in [0.15, 0.2) is 0 Å². The lowest BCUT2D eigenvalue weighted by molar-refractivity contribution is 0.0950. The highest BCUT2D eigenvalue weighted by atomic mass is 35.5. The fraction of sp³-hybridized carbons (Fsp3) is 0.417. The summed E-state index contributed by atoms with van der Waals surface area (Å²) >= 11 is 5.54. The highest BCUT2D eigenvalue weighted by Crippen LogP contribution is 2.17. The maximum absolute atomic E-state index is 11.8. The SMILES string of the molecule is CCOc1ccccc1C(=O)NCCCCl. The van der Waals surface area contributed by atoms with E-state index in [2.05, 4.69) is 5.32 Å². The van der Waals surface area contributed by atoms with Gasteiger partial charge in [0.05, 0.1) is 12.2 Å². The molecule has 0 unspecified atom stereocenters. The van der Waals surface area contributed by atoms with Gasteiger partial charge < -0.3 is 10.1 Å². The van der Waals surface area contributed by atoms with Crippen LogP contribution in [0.3, 0.4) is 0 Å². The number of amides is 1. The Balaban J connectivity index is 2.66. The van der Waals surface area contributed by atoms with Gasteiger partial charge in [0.25, 0.3) is 5.91 Å². The van der Waals surface area contributed by atoms with E-state index in [4.69, 9.17) is 16.3 Å². The summed E-state index contributed by atoms with van der Waals surface area (Å²) in [4.78, 5) is 11.8. The third-order valence-corrected chi connectivity index (χ3v) is 2.29. The summed E-state index contributed by atoms with van der Waals surface area (Å²) in [5.74, 6) is 1.05. The van der Waals surface area contributed by atoms with Gasteiger partial charge in [-0.15, -0.1) is 11.6 Å². The molecule has 0 aliphatic heterocycles. The molecule has 0 aliphatic rings. The van der Waals surface area contributed by atoms with Gasteiger partial charge in [0, 0.05) is 12.4 Å². The second-order valence-electron chi connectivity index (χ2n) is 3.23. The molecule has 0 saturated heterocycles. The highest BCUT2D eigenvalue weighted by molar-refractivity contribution is 6.17. The van der Waals surface area contributed by atoms with Crippen LogP contribution in [0, 0.1) is 0 Å². The molecule has 0 spiro atoms. The van der Waals surface area contributed by atoms with E-state index < -0.39 is 0 Å². The van der Waals surface area contributed by atoms with Crippen molar-refractivity contribution in [2.24, 2.45) is 0 Å². The van der Waals surface area contributed by atoms with Gasteiger partial charge in [0.2, 0.25) is 0 Å². The Hall–Kier alpha value is -1.22. The van der Waals surface area contributed by atoms with Gasteiger partial charge in [-0.3, -0.25) is 4.79 Å². The van der Waals surface area contributed by atoms with Crippen molar-refractivity contribution in [3.63, 3.8) is 0 Å². The molecule has 1 N–H and O–H groups in total. The molecule has 16 heavy (non-hydrogen) atoms. The normalized spacial score (nSPS) is 9.88. The van der Waals surface area contributed by atoms with Crippen molar-refractivity contribution < 1.29 is 9.53 Å². The summed E-state index contributed by atoms with van der Waals surface area (Å²) in [5.41, 5.74) is 0.568. The van der Waals surface area contributed by atoms with E-state index >= 15 is 0 Å². The first-order valence-corrected chi connectivity index (χ1v) is 5.89. The Morgan fingerprint density at radius 2 is 2.19 bits per heavy atom. The van der Waals surface area contributed by atoms with Crippen molar-refractivity contribution in [3.05, 3.63) is 29.8 Å². The first-order valence-electron chi connectivity index (χ1n) is 5.35. The number of para-hydroxylation sites is 1. The van der Waals surface area contributed by atoms with Crippen LogP contribution in [0.5, 0.6) is 5.75 Å². The Kier molecular flexibility index (Phi) is 5.72. The Morgan fingerprint density at radius 1 is 1.44 bits per heavy atom. The minimum atomic E-state index is -0.117. The predicted molar refractivity (Wildman–Crippen MR) is 65.3 cm³/mol. The number of ether oxygens (including phenoxy) is 1. The van der Waals surface area contributed by atoms with Crippen LogP contribution in [0.25, 0.3) is 0 Å². The average Bonchev–Trinajstić information content (AvgIpc) is 2.30. The number of nitrogens with one attached hydrogen (secondary N) is 1. The molecular formula is C12H16ClNO2. The van der Waals surface area contributed by atoms with Crippen LogP contribution in [0.1, 0.15) is 23.7 Å². The Labute approximate surface area is 101 Å². The highest BCUT2D eigenvalue weighted by Gasteiger charge is 2.10. The van der Waals surface area contributed by atoms with Crippen molar-refractivity contribution in [1.29, 1.82) is 0 Å². The zero-order valence-electron chi connectivity index (χ0n) is 9.33. The second kappa shape index (κ2) is 7.12. The number of carbonyl (C=O) groups excluding carboxylic acids is 1. The van der Waals surface area contributed by atoms with E-state index in [0.29, 0.717) is 30.3 Å². The molecule has 0 aromatic heterocycles. The van der Waals surface area contributed by atoms with Gasteiger partial charge >= 0.3 is 0 Å². The maximum atomic E-state index is 11.8. The van der Waals surface area contributed by atoms with Crippen LogP contribution < -0.4 is 10.1 Å². The van der Waals surface area contributed by atoms with E-state index in [1.165, 1.54) is 0 Å². The maximum Gasteiger partial charge on any atom is 0.255 e. The van der Waals surface area contributed by atoms with E-state index in [0.717, 1.165) is 6.42 Å². The molecule has 0 radical (unpaired) electrons. The van der Waals surface area contributed by atoms with Crippen molar-refractivity contribution in [3.8, 4) is 5.75 Å². The van der Waals surface area contributed by atoms with Crippen LogP contribution in [0.4, 0.5) is 0 Å². The molecule has 88 valence electrons. The largest absolute Gasteiger partial charge is 0.493 e. The first kappa shape index (κ1) is 12.8. The molecule has 0 saturated carbocycles. The fourth-order valence-electron chi connectivity index (χ4n) is 1.30. The Bertz CT molecular complexity index is 342. The van der Waals surface area contributed by atoms with Crippen LogP contribution >= 0.6 is 11.6 Å². The summed E-state index contributed by atoms with van der Waals surface area (Å²) in [6.07, 6.45) is 0.768.